The van der Waals surface area contributed by atoms with Crippen molar-refractivity contribution in [3.8, 4) is 5.75 Å². The quantitative estimate of drug-likeness (QED) is 0.848. The molecule has 0 aliphatic carbocycles. The Morgan fingerprint density at radius 3 is 2.74 bits per heavy atom. The highest BCUT2D eigenvalue weighted by Gasteiger charge is 2.14. The van der Waals surface area contributed by atoms with E-state index in [9.17, 15) is 18.4 Å². The molecule has 1 amide bonds. The van der Waals surface area contributed by atoms with Gasteiger partial charge in [-0.05, 0) is 30.7 Å². The number of carboxylic acids is 1. The molecule has 0 unspecified atom stereocenters. The Balaban J connectivity index is 2.08. The third-order valence-corrected chi connectivity index (χ3v) is 2.79. The molecule has 2 aromatic rings. The zero-order chi connectivity index (χ0) is 17.0. The summed E-state index contributed by atoms with van der Waals surface area (Å²) in [7, 11) is 0. The Bertz CT molecular complexity index is 731. The van der Waals surface area contributed by atoms with E-state index in [1.165, 1.54) is 24.4 Å². The van der Waals surface area contributed by atoms with Crippen LogP contribution in [0.25, 0.3) is 0 Å². The first-order valence-electron chi connectivity index (χ1n) is 6.47. The van der Waals surface area contributed by atoms with E-state index in [0.717, 1.165) is 4.68 Å². The molecule has 0 aliphatic rings. The van der Waals surface area contributed by atoms with E-state index in [1.54, 1.807) is 13.0 Å². The van der Waals surface area contributed by atoms with Gasteiger partial charge in [0.1, 0.15) is 12.3 Å². The lowest BCUT2D eigenvalue weighted by molar-refractivity contribution is -0.117. The number of carboxylic acid groups (broad SMARTS) is 1. The summed E-state index contributed by atoms with van der Waals surface area (Å²) in [5.41, 5.74) is 0.582. The molecule has 0 bridgehead atoms. The number of anilines is 1. The number of rotatable bonds is 6. The topological polar surface area (TPSA) is 93.5 Å². The first kappa shape index (κ1) is 16.4. The number of carbonyl (C=O) groups excluding carboxylic acids is 1. The third-order valence-electron chi connectivity index (χ3n) is 2.79. The molecule has 0 spiro atoms. The number of nitrogens with one attached hydrogen (secondary N) is 1. The number of hydrogen-bond acceptors (Lipinski definition) is 4. The van der Waals surface area contributed by atoms with Gasteiger partial charge in [0.2, 0.25) is 5.91 Å². The van der Waals surface area contributed by atoms with Crippen LogP contribution in [0, 0.1) is 6.92 Å². The average Bonchev–Trinajstić information content (AvgIpc) is 2.90. The van der Waals surface area contributed by atoms with E-state index in [-0.39, 0.29) is 23.7 Å². The number of benzene rings is 1. The number of amides is 1. The van der Waals surface area contributed by atoms with Gasteiger partial charge in [0.05, 0.1) is 5.69 Å². The number of aryl methyl sites for hydroxylation is 1. The fraction of sp³-hybridized carbons (Fsp3) is 0.214. The van der Waals surface area contributed by atoms with Crippen LogP contribution in [0.3, 0.4) is 0 Å². The summed E-state index contributed by atoms with van der Waals surface area (Å²) in [6, 6.07) is 5.69. The molecule has 0 saturated carbocycles. The molecule has 1 aromatic heterocycles. The molecule has 7 nitrogen and oxygen atoms in total. The number of alkyl halides is 2. The highest BCUT2D eigenvalue weighted by atomic mass is 19.3. The van der Waals surface area contributed by atoms with Crippen LogP contribution in [0.4, 0.5) is 14.5 Å². The maximum atomic E-state index is 12.4. The van der Waals surface area contributed by atoms with E-state index in [1.807, 2.05) is 0 Å². The highest BCUT2D eigenvalue weighted by molar-refractivity contribution is 5.92. The van der Waals surface area contributed by atoms with Crippen molar-refractivity contribution in [1.82, 2.24) is 9.78 Å². The molecule has 0 saturated heterocycles. The summed E-state index contributed by atoms with van der Waals surface area (Å²) in [5.74, 6) is -1.93. The molecular weight excluding hydrogens is 312 g/mol. The van der Waals surface area contributed by atoms with Crippen LogP contribution >= 0.6 is 0 Å². The summed E-state index contributed by atoms with van der Waals surface area (Å²) in [6.07, 6.45) is 1.33. The Kier molecular flexibility index (Phi) is 4.89. The van der Waals surface area contributed by atoms with Crippen molar-refractivity contribution in [2.45, 2.75) is 20.1 Å². The van der Waals surface area contributed by atoms with E-state index in [4.69, 9.17) is 5.11 Å². The molecule has 0 atom stereocenters. The van der Waals surface area contributed by atoms with Gasteiger partial charge in [-0.2, -0.15) is 13.9 Å². The molecule has 2 rings (SSSR count). The number of carbonyl (C=O) groups is 2. The van der Waals surface area contributed by atoms with Gasteiger partial charge in [-0.15, -0.1) is 0 Å². The minimum absolute atomic E-state index is 0.0894. The van der Waals surface area contributed by atoms with Gasteiger partial charge in [0.25, 0.3) is 0 Å². The van der Waals surface area contributed by atoms with Gasteiger partial charge in [-0.25, -0.2) is 4.79 Å². The van der Waals surface area contributed by atoms with Crippen molar-refractivity contribution in [3.63, 3.8) is 0 Å². The van der Waals surface area contributed by atoms with Crippen LogP contribution in [-0.4, -0.2) is 33.4 Å². The second-order valence-electron chi connectivity index (χ2n) is 4.63. The average molecular weight is 325 g/mol. The highest BCUT2D eigenvalue weighted by Crippen LogP contribution is 2.27. The number of ether oxygens (including phenoxy) is 1. The van der Waals surface area contributed by atoms with Crippen LogP contribution in [0.1, 0.15) is 16.1 Å². The molecule has 9 heteroatoms. The van der Waals surface area contributed by atoms with Crippen LogP contribution in [0.2, 0.25) is 0 Å². The van der Waals surface area contributed by atoms with Gasteiger partial charge >= 0.3 is 12.6 Å². The first-order valence-corrected chi connectivity index (χ1v) is 6.47. The Hall–Kier alpha value is -2.97. The zero-order valence-corrected chi connectivity index (χ0v) is 12.0. The molecule has 1 aromatic carbocycles. The Labute approximate surface area is 129 Å². The second-order valence-corrected chi connectivity index (χ2v) is 4.63. The summed E-state index contributed by atoms with van der Waals surface area (Å²) >= 11 is 0. The Morgan fingerprint density at radius 1 is 1.39 bits per heavy atom. The standard InChI is InChI=1S/C14H13F2N3O4/c1-8-2-3-9(11(6-8)23-14(15)16)17-12(20)7-19-5-4-10(18-19)13(21)22/h2-6,14H,7H2,1H3,(H,17,20)(H,21,22). The van der Waals surface area contributed by atoms with E-state index >= 15 is 0 Å². The van der Waals surface area contributed by atoms with Crippen molar-refractivity contribution in [1.29, 1.82) is 0 Å². The van der Waals surface area contributed by atoms with Gasteiger partial charge in [0.15, 0.2) is 5.69 Å². The lowest BCUT2D eigenvalue weighted by atomic mass is 10.2. The predicted octanol–water partition coefficient (Wildman–Crippen LogP) is 2.13. The monoisotopic (exact) mass is 325 g/mol. The predicted molar refractivity (Wildman–Crippen MR) is 75.6 cm³/mol. The van der Waals surface area contributed by atoms with Crippen LogP contribution in [-0.2, 0) is 11.3 Å². The number of nitrogens with zero attached hydrogens (tertiary/aromatic N) is 2. The molecule has 0 fully saturated rings. The smallest absolute Gasteiger partial charge is 0.387 e. The van der Waals surface area contributed by atoms with Crippen LogP contribution < -0.4 is 10.1 Å². The summed E-state index contributed by atoms with van der Waals surface area (Å²) in [4.78, 5) is 22.6. The Morgan fingerprint density at radius 2 is 2.13 bits per heavy atom. The van der Waals surface area contributed by atoms with Crippen LogP contribution in [0.5, 0.6) is 5.75 Å². The van der Waals surface area contributed by atoms with Gasteiger partial charge in [0, 0.05) is 6.20 Å². The van der Waals surface area contributed by atoms with Crippen molar-refractivity contribution in [2.24, 2.45) is 0 Å². The number of halogens is 2. The minimum atomic E-state index is -3.02. The van der Waals surface area contributed by atoms with Gasteiger partial charge in [-0.1, -0.05) is 6.07 Å². The van der Waals surface area contributed by atoms with E-state index in [0.29, 0.717) is 5.56 Å². The van der Waals surface area contributed by atoms with E-state index in [2.05, 4.69) is 15.2 Å². The first-order chi connectivity index (χ1) is 10.8. The fourth-order valence-corrected chi connectivity index (χ4v) is 1.83. The minimum Gasteiger partial charge on any atom is -0.476 e. The lowest BCUT2D eigenvalue weighted by Gasteiger charge is -2.12. The summed E-state index contributed by atoms with van der Waals surface area (Å²) in [5, 5.41) is 14.9. The third kappa shape index (κ3) is 4.50. The van der Waals surface area contributed by atoms with Crippen LogP contribution in [0.15, 0.2) is 30.5 Å². The number of aromatic nitrogens is 2. The van der Waals surface area contributed by atoms with Gasteiger partial charge in [-0.3, -0.25) is 9.48 Å². The van der Waals surface area contributed by atoms with E-state index < -0.39 is 18.5 Å². The molecule has 0 radical (unpaired) electrons. The fourth-order valence-electron chi connectivity index (χ4n) is 1.83. The maximum absolute atomic E-state index is 12.4. The number of aromatic carboxylic acids is 1. The molecule has 0 aliphatic heterocycles. The van der Waals surface area contributed by atoms with Crippen molar-refractivity contribution >= 4 is 17.6 Å². The molecule has 2 N–H and O–H groups in total. The molecule has 1 heterocycles. The maximum Gasteiger partial charge on any atom is 0.387 e. The van der Waals surface area contributed by atoms with Crippen molar-refractivity contribution < 1.29 is 28.2 Å². The molecule has 122 valence electrons. The van der Waals surface area contributed by atoms with Crippen molar-refractivity contribution in [3.05, 3.63) is 41.7 Å². The summed E-state index contributed by atoms with van der Waals surface area (Å²) < 4.78 is 30.3. The van der Waals surface area contributed by atoms with Crippen molar-refractivity contribution in [2.75, 3.05) is 5.32 Å². The normalized spacial score (nSPS) is 10.6. The van der Waals surface area contributed by atoms with Gasteiger partial charge < -0.3 is 15.2 Å². The number of hydrogen-bond donors (Lipinski definition) is 2. The second kappa shape index (κ2) is 6.86. The SMILES string of the molecule is Cc1ccc(NC(=O)Cn2ccc(C(=O)O)n2)c(OC(F)F)c1. The summed E-state index contributed by atoms with van der Waals surface area (Å²) in [6.45, 7) is -1.59. The lowest BCUT2D eigenvalue weighted by Crippen LogP contribution is -2.20. The zero-order valence-electron chi connectivity index (χ0n) is 12.0. The molecule has 23 heavy (non-hydrogen) atoms. The largest absolute Gasteiger partial charge is 0.476 e. The molecular formula is C14H13F2N3O4.